The number of carbonyl (C=O) groups excluding carboxylic acids is 3. The Morgan fingerprint density at radius 1 is 0.280 bits per heavy atom. The van der Waals surface area contributed by atoms with Gasteiger partial charge in [0.1, 0.15) is 13.2 Å². The minimum atomic E-state index is -0.806. The van der Waals surface area contributed by atoms with Crippen LogP contribution in [0.15, 0.2) is 134 Å². The Morgan fingerprint density at radius 3 is 0.840 bits per heavy atom. The summed E-state index contributed by atoms with van der Waals surface area (Å²) in [6.07, 6.45) is 87.4. The zero-order valence-corrected chi connectivity index (χ0v) is 48.5. The molecule has 0 aromatic carbocycles. The van der Waals surface area contributed by atoms with Gasteiger partial charge in [0.05, 0.1) is 0 Å². The molecule has 0 saturated heterocycles. The number of unbranched alkanes of at least 4 members (excludes halogenated alkanes) is 21. The van der Waals surface area contributed by atoms with E-state index in [-0.39, 0.29) is 31.1 Å². The number of hydrogen-bond acceptors (Lipinski definition) is 6. The van der Waals surface area contributed by atoms with Crippen LogP contribution < -0.4 is 0 Å². The van der Waals surface area contributed by atoms with Gasteiger partial charge < -0.3 is 14.2 Å². The normalized spacial score (nSPS) is 13.1. The van der Waals surface area contributed by atoms with E-state index >= 15 is 0 Å². The molecule has 0 aliphatic heterocycles. The molecule has 0 aliphatic carbocycles. The summed E-state index contributed by atoms with van der Waals surface area (Å²) in [5, 5.41) is 0. The van der Waals surface area contributed by atoms with Crippen molar-refractivity contribution in [2.75, 3.05) is 13.2 Å². The van der Waals surface area contributed by atoms with Gasteiger partial charge in [-0.25, -0.2) is 0 Å². The van der Waals surface area contributed by atoms with E-state index in [1.807, 2.05) is 0 Å². The van der Waals surface area contributed by atoms with Gasteiger partial charge >= 0.3 is 17.9 Å². The highest BCUT2D eigenvalue weighted by atomic mass is 16.6. The van der Waals surface area contributed by atoms with Gasteiger partial charge in [-0.15, -0.1) is 0 Å². The molecule has 0 amide bonds. The van der Waals surface area contributed by atoms with Gasteiger partial charge in [-0.3, -0.25) is 14.4 Å². The Kier molecular flexibility index (Phi) is 58.4. The van der Waals surface area contributed by atoms with Crippen molar-refractivity contribution in [1.82, 2.24) is 0 Å². The third-order valence-corrected chi connectivity index (χ3v) is 12.6. The SMILES string of the molecule is CC/C=C\C/C=C\C/C=C\C/C=C\C/C=C\C/C=C\C/C=C\C/C=C\CCCCC(=O)OCC(COC(=O)CCCCCCCCCCC)OC(=O)CCCCCCCC/C=C\C/C=C\C/C=C\CCCCCCC. The van der Waals surface area contributed by atoms with Crippen LogP contribution in [-0.4, -0.2) is 37.2 Å². The molecule has 0 saturated carbocycles. The third kappa shape index (κ3) is 60.3. The van der Waals surface area contributed by atoms with E-state index in [1.165, 1.54) is 89.9 Å². The van der Waals surface area contributed by atoms with Gasteiger partial charge in [0.2, 0.25) is 0 Å². The van der Waals surface area contributed by atoms with Crippen LogP contribution in [0.2, 0.25) is 0 Å². The van der Waals surface area contributed by atoms with Crippen LogP contribution in [0.1, 0.15) is 265 Å². The molecule has 6 nitrogen and oxygen atoms in total. The Hall–Kier alpha value is -4.45. The molecule has 1 atom stereocenters. The first kappa shape index (κ1) is 70.5. The van der Waals surface area contributed by atoms with Gasteiger partial charge in [-0.05, 0) is 122 Å². The standard InChI is InChI=1S/C69H112O6/c1-4-7-10-13-16-19-21-23-25-27-29-31-32-33-34-35-36-38-39-41-43-45-47-50-53-56-59-62-68(71)74-65-66(64-73-67(70)61-58-55-52-49-18-15-12-9-6-3)75-69(72)63-60-57-54-51-48-46-44-42-40-37-30-28-26-24-22-20-17-14-11-8-5-2/h7,10,16,19,22-25,28-31,33-34,36,38,40-43,47,50,66H,4-6,8-9,11-15,17-18,20-21,26-27,32,35,37,39,44-46,48-49,51-65H2,1-3H3/b10-7-,19-16-,24-22-,25-23-,30-28-,31-29-,34-33-,38-36-,42-40-,43-41-,50-47-. The van der Waals surface area contributed by atoms with Gasteiger partial charge in [-0.1, -0.05) is 257 Å². The average molecular weight is 1040 g/mol. The van der Waals surface area contributed by atoms with Crippen LogP contribution in [0, 0.1) is 0 Å². The topological polar surface area (TPSA) is 78.9 Å². The second-order valence-corrected chi connectivity index (χ2v) is 19.9. The summed E-state index contributed by atoms with van der Waals surface area (Å²) in [6, 6.07) is 0. The first-order valence-electron chi connectivity index (χ1n) is 30.7. The van der Waals surface area contributed by atoms with Crippen molar-refractivity contribution in [2.45, 2.75) is 271 Å². The number of ether oxygens (including phenoxy) is 3. The monoisotopic (exact) mass is 1040 g/mol. The third-order valence-electron chi connectivity index (χ3n) is 12.6. The molecular formula is C69H112O6. The largest absolute Gasteiger partial charge is 0.462 e. The number of rotatable bonds is 54. The first-order valence-corrected chi connectivity index (χ1v) is 30.7. The molecule has 0 fully saturated rings. The Morgan fingerprint density at radius 2 is 0.520 bits per heavy atom. The van der Waals surface area contributed by atoms with Crippen LogP contribution in [0.5, 0.6) is 0 Å². The van der Waals surface area contributed by atoms with E-state index in [4.69, 9.17) is 14.2 Å². The minimum Gasteiger partial charge on any atom is -0.462 e. The molecule has 0 aliphatic rings. The highest BCUT2D eigenvalue weighted by Crippen LogP contribution is 2.14. The van der Waals surface area contributed by atoms with Crippen LogP contribution in [-0.2, 0) is 28.6 Å². The number of hydrogen-bond donors (Lipinski definition) is 0. The fraction of sp³-hybridized carbons (Fsp3) is 0.638. The molecule has 0 aromatic heterocycles. The molecule has 0 heterocycles. The predicted molar refractivity (Wildman–Crippen MR) is 325 cm³/mol. The summed E-state index contributed by atoms with van der Waals surface area (Å²) in [7, 11) is 0. The molecule has 1 unspecified atom stereocenters. The van der Waals surface area contributed by atoms with Crippen molar-refractivity contribution in [3.63, 3.8) is 0 Å². The Labute approximate surface area is 462 Å². The van der Waals surface area contributed by atoms with Crippen LogP contribution >= 0.6 is 0 Å². The molecule has 75 heavy (non-hydrogen) atoms. The summed E-state index contributed by atoms with van der Waals surface area (Å²) in [5.74, 6) is -0.963. The zero-order valence-electron chi connectivity index (χ0n) is 48.5. The predicted octanol–water partition coefficient (Wildman–Crippen LogP) is 21.0. The molecule has 424 valence electrons. The van der Waals surface area contributed by atoms with Crippen molar-refractivity contribution in [1.29, 1.82) is 0 Å². The molecule has 0 radical (unpaired) electrons. The fourth-order valence-electron chi connectivity index (χ4n) is 8.05. The summed E-state index contributed by atoms with van der Waals surface area (Å²) in [4.78, 5) is 38.1. The van der Waals surface area contributed by atoms with Gasteiger partial charge in [0.25, 0.3) is 0 Å². The maximum atomic E-state index is 12.9. The maximum Gasteiger partial charge on any atom is 0.306 e. The van der Waals surface area contributed by atoms with Crippen molar-refractivity contribution in [3.05, 3.63) is 134 Å². The second kappa shape index (κ2) is 62.1. The van der Waals surface area contributed by atoms with E-state index in [0.717, 1.165) is 128 Å². The van der Waals surface area contributed by atoms with Crippen molar-refractivity contribution in [3.8, 4) is 0 Å². The lowest BCUT2D eigenvalue weighted by atomic mass is 10.1. The number of esters is 3. The van der Waals surface area contributed by atoms with Crippen LogP contribution in [0.4, 0.5) is 0 Å². The molecular weight excluding hydrogens is 925 g/mol. The van der Waals surface area contributed by atoms with E-state index in [2.05, 4.69) is 154 Å². The lowest BCUT2D eigenvalue weighted by Crippen LogP contribution is -2.30. The fourth-order valence-corrected chi connectivity index (χ4v) is 8.05. The van der Waals surface area contributed by atoms with E-state index in [9.17, 15) is 14.4 Å². The van der Waals surface area contributed by atoms with Crippen LogP contribution in [0.3, 0.4) is 0 Å². The number of carbonyl (C=O) groups is 3. The summed E-state index contributed by atoms with van der Waals surface area (Å²) < 4.78 is 16.8. The Bertz CT molecular complexity index is 1620. The van der Waals surface area contributed by atoms with Gasteiger partial charge in [-0.2, -0.15) is 0 Å². The molecule has 0 rings (SSSR count). The summed E-state index contributed by atoms with van der Waals surface area (Å²) in [5.41, 5.74) is 0. The number of allylic oxidation sites excluding steroid dienone is 22. The summed E-state index contributed by atoms with van der Waals surface area (Å²) >= 11 is 0. The molecule has 6 heteroatoms. The minimum absolute atomic E-state index is 0.0999. The average Bonchev–Trinajstić information content (AvgIpc) is 3.41. The molecule has 0 spiro atoms. The van der Waals surface area contributed by atoms with Gasteiger partial charge in [0.15, 0.2) is 6.10 Å². The van der Waals surface area contributed by atoms with Gasteiger partial charge in [0, 0.05) is 19.3 Å². The second-order valence-electron chi connectivity index (χ2n) is 19.9. The lowest BCUT2D eigenvalue weighted by molar-refractivity contribution is -0.167. The van der Waals surface area contributed by atoms with E-state index in [0.29, 0.717) is 25.7 Å². The molecule has 0 bridgehead atoms. The lowest BCUT2D eigenvalue weighted by Gasteiger charge is -2.18. The van der Waals surface area contributed by atoms with E-state index in [1.54, 1.807) is 0 Å². The molecule has 0 aromatic rings. The van der Waals surface area contributed by atoms with Crippen molar-refractivity contribution in [2.24, 2.45) is 0 Å². The maximum absolute atomic E-state index is 12.9. The van der Waals surface area contributed by atoms with E-state index < -0.39 is 6.10 Å². The first-order chi connectivity index (χ1) is 37.0. The quantitative estimate of drug-likeness (QED) is 0.0261. The van der Waals surface area contributed by atoms with Crippen molar-refractivity contribution < 1.29 is 28.6 Å². The Balaban J connectivity index is 4.39. The smallest absolute Gasteiger partial charge is 0.306 e. The van der Waals surface area contributed by atoms with Crippen LogP contribution in [0.25, 0.3) is 0 Å². The van der Waals surface area contributed by atoms with Crippen molar-refractivity contribution >= 4 is 17.9 Å². The highest BCUT2D eigenvalue weighted by Gasteiger charge is 2.19. The summed E-state index contributed by atoms with van der Waals surface area (Å²) in [6.45, 7) is 6.44. The molecule has 0 N–H and O–H groups in total. The zero-order chi connectivity index (χ0) is 54.3. The highest BCUT2D eigenvalue weighted by molar-refractivity contribution is 5.71.